The van der Waals surface area contributed by atoms with Crippen molar-refractivity contribution in [3.05, 3.63) is 47.9 Å². The summed E-state index contributed by atoms with van der Waals surface area (Å²) in [5, 5.41) is 10.8. The number of anilines is 1. The molecule has 0 atom stereocenters. The van der Waals surface area contributed by atoms with Crippen LogP contribution >= 0.6 is 11.8 Å². The van der Waals surface area contributed by atoms with Crippen molar-refractivity contribution < 1.29 is 23.2 Å². The second kappa shape index (κ2) is 8.54. The second-order valence-electron chi connectivity index (χ2n) is 5.37. The molecule has 3 aromatic rings. The molecule has 9 heteroatoms. The molecule has 2 heterocycles. The van der Waals surface area contributed by atoms with E-state index in [9.17, 15) is 9.59 Å². The molecule has 27 heavy (non-hydrogen) atoms. The van der Waals surface area contributed by atoms with Crippen LogP contribution in [0.3, 0.4) is 0 Å². The fourth-order valence-corrected chi connectivity index (χ4v) is 2.84. The Morgan fingerprint density at radius 3 is 2.78 bits per heavy atom. The van der Waals surface area contributed by atoms with Gasteiger partial charge in [0.15, 0.2) is 0 Å². The molecule has 0 aliphatic carbocycles. The average Bonchev–Trinajstić information content (AvgIpc) is 3.29. The van der Waals surface area contributed by atoms with Gasteiger partial charge < -0.3 is 18.9 Å². The summed E-state index contributed by atoms with van der Waals surface area (Å²) < 4.78 is 15.7. The van der Waals surface area contributed by atoms with Crippen LogP contribution in [-0.2, 0) is 9.53 Å². The predicted octanol–water partition coefficient (Wildman–Crippen LogP) is 3.55. The highest BCUT2D eigenvalue weighted by atomic mass is 32.2. The normalized spacial score (nSPS) is 10.6. The number of furan rings is 1. The van der Waals surface area contributed by atoms with E-state index in [-0.39, 0.29) is 23.5 Å². The first-order valence-electron chi connectivity index (χ1n) is 8.15. The van der Waals surface area contributed by atoms with Gasteiger partial charge in [0.2, 0.25) is 5.91 Å². The van der Waals surface area contributed by atoms with Gasteiger partial charge in [0, 0.05) is 0 Å². The van der Waals surface area contributed by atoms with Gasteiger partial charge in [0.25, 0.3) is 11.1 Å². The zero-order valence-corrected chi connectivity index (χ0v) is 15.5. The van der Waals surface area contributed by atoms with Crippen LogP contribution in [-0.4, -0.2) is 34.4 Å². The smallest absolute Gasteiger partial charge is 0.340 e. The fraction of sp³-hybridized carbons (Fsp3) is 0.222. The lowest BCUT2D eigenvalue weighted by Gasteiger charge is -2.09. The number of carbonyl (C=O) groups is 2. The van der Waals surface area contributed by atoms with Crippen LogP contribution in [0.25, 0.3) is 11.5 Å². The van der Waals surface area contributed by atoms with Gasteiger partial charge in [-0.25, -0.2) is 4.79 Å². The highest BCUT2D eigenvalue weighted by molar-refractivity contribution is 7.99. The van der Waals surface area contributed by atoms with Crippen molar-refractivity contribution >= 4 is 29.3 Å². The number of rotatable bonds is 7. The van der Waals surface area contributed by atoms with Gasteiger partial charge in [-0.15, -0.1) is 10.2 Å². The number of hydrogen-bond donors (Lipinski definition) is 1. The van der Waals surface area contributed by atoms with E-state index in [1.54, 1.807) is 44.2 Å². The van der Waals surface area contributed by atoms with E-state index < -0.39 is 5.97 Å². The molecule has 1 N–H and O–H groups in total. The van der Waals surface area contributed by atoms with E-state index >= 15 is 0 Å². The summed E-state index contributed by atoms with van der Waals surface area (Å²) in [7, 11) is 0. The summed E-state index contributed by atoms with van der Waals surface area (Å²) in [5.41, 5.74) is 1.40. The Balaban J connectivity index is 1.60. The van der Waals surface area contributed by atoms with E-state index in [2.05, 4.69) is 15.5 Å². The minimum atomic E-state index is -0.488. The van der Waals surface area contributed by atoms with Gasteiger partial charge in [0.05, 0.1) is 35.4 Å². The van der Waals surface area contributed by atoms with Crippen LogP contribution in [0.2, 0.25) is 0 Å². The summed E-state index contributed by atoms with van der Waals surface area (Å²) in [6.45, 7) is 3.77. The van der Waals surface area contributed by atoms with E-state index in [4.69, 9.17) is 13.6 Å². The summed E-state index contributed by atoms with van der Waals surface area (Å²) in [6.07, 6.45) is 1.54. The zero-order valence-electron chi connectivity index (χ0n) is 14.7. The Morgan fingerprint density at radius 1 is 1.22 bits per heavy atom. The maximum absolute atomic E-state index is 12.2. The molecular weight excluding hydrogens is 370 g/mol. The maximum atomic E-state index is 12.2. The third-order valence-electron chi connectivity index (χ3n) is 3.52. The number of aryl methyl sites for hydroxylation is 1. The minimum Gasteiger partial charge on any atom is -0.469 e. The summed E-state index contributed by atoms with van der Waals surface area (Å²) in [5.74, 6) is 0.248. The Hall–Kier alpha value is -3.07. The standard InChI is InChI=1S/C18H17N3O5S/c1-3-24-17(23)13-6-4-5-7-14(13)19-15(22)10-27-18-21-20-16(26-18)12-8-9-25-11(12)2/h4-9H,3,10H2,1-2H3,(H,19,22). The van der Waals surface area contributed by atoms with Crippen molar-refractivity contribution in [1.82, 2.24) is 10.2 Å². The molecule has 0 saturated carbocycles. The molecule has 0 spiro atoms. The molecule has 1 amide bonds. The fourth-order valence-electron chi connectivity index (χ4n) is 2.28. The molecule has 8 nitrogen and oxygen atoms in total. The molecule has 0 radical (unpaired) electrons. The average molecular weight is 387 g/mol. The molecule has 0 aliphatic rings. The number of carbonyl (C=O) groups excluding carboxylic acids is 2. The SMILES string of the molecule is CCOC(=O)c1ccccc1NC(=O)CSc1nnc(-c2ccoc2C)o1. The van der Waals surface area contributed by atoms with E-state index in [0.717, 1.165) is 11.8 Å². The monoisotopic (exact) mass is 387 g/mol. The van der Waals surface area contributed by atoms with E-state index in [1.165, 1.54) is 6.26 Å². The Morgan fingerprint density at radius 2 is 2.04 bits per heavy atom. The third kappa shape index (κ3) is 4.56. The van der Waals surface area contributed by atoms with Gasteiger partial charge in [0.1, 0.15) is 5.76 Å². The number of hydrogen-bond acceptors (Lipinski definition) is 8. The van der Waals surface area contributed by atoms with Crippen LogP contribution in [0.4, 0.5) is 5.69 Å². The van der Waals surface area contributed by atoms with Crippen LogP contribution < -0.4 is 5.32 Å². The number of aromatic nitrogens is 2. The van der Waals surface area contributed by atoms with Gasteiger partial charge in [-0.3, -0.25) is 4.79 Å². The predicted molar refractivity (Wildman–Crippen MR) is 98.5 cm³/mol. The highest BCUT2D eigenvalue weighted by Crippen LogP contribution is 2.26. The lowest BCUT2D eigenvalue weighted by atomic mass is 10.2. The molecule has 0 unspecified atom stereocenters. The van der Waals surface area contributed by atoms with E-state index in [0.29, 0.717) is 28.5 Å². The first-order valence-corrected chi connectivity index (χ1v) is 9.13. The van der Waals surface area contributed by atoms with Crippen LogP contribution in [0.15, 0.2) is 50.7 Å². The van der Waals surface area contributed by atoms with Crippen molar-refractivity contribution in [2.24, 2.45) is 0 Å². The molecule has 1 aromatic carbocycles. The lowest BCUT2D eigenvalue weighted by molar-refractivity contribution is -0.113. The van der Waals surface area contributed by atoms with Gasteiger partial charge in [-0.2, -0.15) is 0 Å². The molecular formula is C18H17N3O5S. The first-order chi connectivity index (χ1) is 13.1. The third-order valence-corrected chi connectivity index (χ3v) is 4.34. The molecule has 2 aromatic heterocycles. The molecule has 0 bridgehead atoms. The molecule has 0 saturated heterocycles. The summed E-state index contributed by atoms with van der Waals surface area (Å²) in [4.78, 5) is 24.2. The maximum Gasteiger partial charge on any atom is 0.340 e. The number of amides is 1. The summed E-state index contributed by atoms with van der Waals surface area (Å²) in [6, 6.07) is 8.40. The number of benzene rings is 1. The van der Waals surface area contributed by atoms with Crippen LogP contribution in [0.5, 0.6) is 0 Å². The zero-order chi connectivity index (χ0) is 19.2. The number of ether oxygens (including phenoxy) is 1. The van der Waals surface area contributed by atoms with E-state index in [1.807, 2.05) is 0 Å². The molecule has 3 rings (SSSR count). The lowest BCUT2D eigenvalue weighted by Crippen LogP contribution is -2.17. The number of thioether (sulfide) groups is 1. The van der Waals surface area contributed by atoms with Crippen molar-refractivity contribution in [1.29, 1.82) is 0 Å². The van der Waals surface area contributed by atoms with Gasteiger partial charge in [-0.1, -0.05) is 23.9 Å². The van der Waals surface area contributed by atoms with Crippen molar-refractivity contribution in [3.63, 3.8) is 0 Å². The molecule has 140 valence electrons. The van der Waals surface area contributed by atoms with Crippen molar-refractivity contribution in [2.45, 2.75) is 19.1 Å². The number of para-hydroxylation sites is 1. The number of nitrogens with one attached hydrogen (secondary N) is 1. The largest absolute Gasteiger partial charge is 0.469 e. The first kappa shape index (κ1) is 18.7. The van der Waals surface area contributed by atoms with Gasteiger partial charge in [-0.05, 0) is 32.0 Å². The highest BCUT2D eigenvalue weighted by Gasteiger charge is 2.16. The Labute approximate surface area is 159 Å². The van der Waals surface area contributed by atoms with Crippen LogP contribution in [0, 0.1) is 6.92 Å². The van der Waals surface area contributed by atoms with Crippen molar-refractivity contribution in [2.75, 3.05) is 17.7 Å². The Bertz CT molecular complexity index is 950. The number of esters is 1. The summed E-state index contributed by atoms with van der Waals surface area (Å²) >= 11 is 1.10. The number of nitrogens with zero attached hydrogens (tertiary/aromatic N) is 2. The van der Waals surface area contributed by atoms with Crippen molar-refractivity contribution in [3.8, 4) is 11.5 Å². The van der Waals surface area contributed by atoms with Gasteiger partial charge >= 0.3 is 5.97 Å². The second-order valence-corrected chi connectivity index (χ2v) is 6.29. The topological polar surface area (TPSA) is 107 Å². The minimum absolute atomic E-state index is 0.0448. The molecule has 0 aliphatic heterocycles. The molecule has 0 fully saturated rings. The quantitative estimate of drug-likeness (QED) is 0.484. The van der Waals surface area contributed by atoms with Crippen LogP contribution in [0.1, 0.15) is 23.0 Å². The Kier molecular flexibility index (Phi) is 5.92.